The van der Waals surface area contributed by atoms with Crippen molar-refractivity contribution in [3.05, 3.63) is 11.8 Å². The SMILES string of the molecule is COCCNc1nc(C)cc(N2CCC3(CC2)OCCO3)n1. The molecule has 122 valence electrons. The maximum atomic E-state index is 5.77. The van der Waals surface area contributed by atoms with Crippen molar-refractivity contribution in [3.63, 3.8) is 0 Å². The number of rotatable bonds is 5. The molecular weight excluding hydrogens is 284 g/mol. The van der Waals surface area contributed by atoms with Crippen molar-refractivity contribution in [1.82, 2.24) is 9.97 Å². The zero-order valence-corrected chi connectivity index (χ0v) is 13.3. The number of anilines is 2. The minimum atomic E-state index is -0.349. The zero-order chi connectivity index (χ0) is 15.4. The first-order valence-corrected chi connectivity index (χ1v) is 7.82. The molecule has 0 unspecified atom stereocenters. The van der Waals surface area contributed by atoms with Gasteiger partial charge in [-0.2, -0.15) is 4.98 Å². The Kier molecular flexibility index (Phi) is 4.75. The summed E-state index contributed by atoms with van der Waals surface area (Å²) < 4.78 is 16.6. The van der Waals surface area contributed by atoms with Crippen LogP contribution in [0.1, 0.15) is 18.5 Å². The Labute approximate surface area is 131 Å². The summed E-state index contributed by atoms with van der Waals surface area (Å²) in [4.78, 5) is 11.3. The van der Waals surface area contributed by atoms with E-state index in [2.05, 4.69) is 20.2 Å². The van der Waals surface area contributed by atoms with Crippen LogP contribution in [0.2, 0.25) is 0 Å². The number of nitrogens with one attached hydrogen (secondary N) is 1. The van der Waals surface area contributed by atoms with Gasteiger partial charge in [-0.15, -0.1) is 0 Å². The lowest BCUT2D eigenvalue weighted by Crippen LogP contribution is -2.45. The van der Waals surface area contributed by atoms with Gasteiger partial charge in [0.2, 0.25) is 5.95 Å². The molecule has 2 aliphatic rings. The number of aromatic nitrogens is 2. The molecule has 1 aromatic heterocycles. The number of aryl methyl sites for hydroxylation is 1. The largest absolute Gasteiger partial charge is 0.383 e. The van der Waals surface area contributed by atoms with E-state index in [4.69, 9.17) is 14.2 Å². The third kappa shape index (κ3) is 3.48. The lowest BCUT2D eigenvalue weighted by Gasteiger charge is -2.38. The van der Waals surface area contributed by atoms with Crippen molar-refractivity contribution in [2.75, 3.05) is 56.8 Å². The minimum Gasteiger partial charge on any atom is -0.383 e. The summed E-state index contributed by atoms with van der Waals surface area (Å²) >= 11 is 0. The molecule has 1 aromatic rings. The molecule has 0 amide bonds. The molecule has 3 heterocycles. The molecule has 0 atom stereocenters. The Hall–Kier alpha value is -1.44. The van der Waals surface area contributed by atoms with Crippen molar-refractivity contribution in [2.45, 2.75) is 25.6 Å². The molecule has 0 bridgehead atoms. The predicted molar refractivity (Wildman–Crippen MR) is 83.2 cm³/mol. The standard InChI is InChI=1S/C15H24N4O3/c1-12-11-13(18-14(17-12)16-5-8-20-2)19-6-3-15(4-7-19)21-9-10-22-15/h11H,3-10H2,1-2H3,(H,16,17,18). The van der Waals surface area contributed by atoms with Crippen LogP contribution >= 0.6 is 0 Å². The van der Waals surface area contributed by atoms with Crippen LogP contribution in [0.3, 0.4) is 0 Å². The highest BCUT2D eigenvalue weighted by Crippen LogP contribution is 2.32. The van der Waals surface area contributed by atoms with Crippen LogP contribution in [-0.4, -0.2) is 62.3 Å². The summed E-state index contributed by atoms with van der Waals surface area (Å²) in [5.41, 5.74) is 0.957. The molecule has 22 heavy (non-hydrogen) atoms. The van der Waals surface area contributed by atoms with Gasteiger partial charge in [0.25, 0.3) is 0 Å². The van der Waals surface area contributed by atoms with Gasteiger partial charge >= 0.3 is 0 Å². The molecule has 2 aliphatic heterocycles. The monoisotopic (exact) mass is 308 g/mol. The second kappa shape index (κ2) is 6.76. The van der Waals surface area contributed by atoms with Crippen molar-refractivity contribution < 1.29 is 14.2 Å². The van der Waals surface area contributed by atoms with Crippen molar-refractivity contribution in [2.24, 2.45) is 0 Å². The van der Waals surface area contributed by atoms with Crippen molar-refractivity contribution in [1.29, 1.82) is 0 Å². The Bertz CT molecular complexity index is 496. The number of piperidine rings is 1. The number of hydrogen-bond donors (Lipinski definition) is 1. The summed E-state index contributed by atoms with van der Waals surface area (Å²) in [6.07, 6.45) is 1.75. The van der Waals surface area contributed by atoms with Gasteiger partial charge in [0.05, 0.1) is 19.8 Å². The Morgan fingerprint density at radius 1 is 1.27 bits per heavy atom. The van der Waals surface area contributed by atoms with Gasteiger partial charge in [-0.3, -0.25) is 0 Å². The molecule has 1 spiro atoms. The van der Waals surface area contributed by atoms with E-state index in [1.165, 1.54) is 0 Å². The molecular formula is C15H24N4O3. The molecule has 7 nitrogen and oxygen atoms in total. The predicted octanol–water partition coefficient (Wildman–Crippen LogP) is 1.19. The van der Waals surface area contributed by atoms with E-state index < -0.39 is 0 Å². The first-order chi connectivity index (χ1) is 10.7. The first kappa shape index (κ1) is 15.5. The normalized spacial score (nSPS) is 20.5. The van der Waals surface area contributed by atoms with Crippen LogP contribution in [0.5, 0.6) is 0 Å². The molecule has 2 saturated heterocycles. The highest BCUT2D eigenvalue weighted by Gasteiger charge is 2.40. The third-order valence-electron chi connectivity index (χ3n) is 4.09. The van der Waals surface area contributed by atoms with E-state index in [-0.39, 0.29) is 5.79 Å². The second-order valence-electron chi connectivity index (χ2n) is 5.71. The summed E-state index contributed by atoms with van der Waals surface area (Å²) in [5.74, 6) is 1.26. The van der Waals surface area contributed by atoms with Gasteiger partial charge < -0.3 is 24.4 Å². The van der Waals surface area contributed by atoms with Crippen LogP contribution in [0.25, 0.3) is 0 Å². The van der Waals surface area contributed by atoms with Gasteiger partial charge in [0.1, 0.15) is 5.82 Å². The van der Waals surface area contributed by atoms with Crippen LogP contribution in [0.4, 0.5) is 11.8 Å². The third-order valence-corrected chi connectivity index (χ3v) is 4.09. The lowest BCUT2D eigenvalue weighted by molar-refractivity contribution is -0.169. The molecule has 2 fully saturated rings. The minimum absolute atomic E-state index is 0.349. The number of methoxy groups -OCH3 is 1. The van der Waals surface area contributed by atoms with Crippen LogP contribution in [0.15, 0.2) is 6.07 Å². The molecule has 0 aromatic carbocycles. The average Bonchev–Trinajstić information content (AvgIpc) is 2.96. The van der Waals surface area contributed by atoms with Gasteiger partial charge in [-0.05, 0) is 6.92 Å². The van der Waals surface area contributed by atoms with Gasteiger partial charge in [0, 0.05) is 51.3 Å². The van der Waals surface area contributed by atoms with Gasteiger partial charge in [-0.25, -0.2) is 4.98 Å². The fraction of sp³-hybridized carbons (Fsp3) is 0.733. The van der Waals surface area contributed by atoms with E-state index >= 15 is 0 Å². The van der Waals surface area contributed by atoms with E-state index in [9.17, 15) is 0 Å². The number of ether oxygens (including phenoxy) is 3. The molecule has 0 radical (unpaired) electrons. The topological polar surface area (TPSA) is 68.7 Å². The zero-order valence-electron chi connectivity index (χ0n) is 13.3. The summed E-state index contributed by atoms with van der Waals surface area (Å²) in [7, 11) is 1.68. The molecule has 1 N–H and O–H groups in total. The van der Waals surface area contributed by atoms with Crippen LogP contribution < -0.4 is 10.2 Å². The Balaban J connectivity index is 1.64. The van der Waals surface area contributed by atoms with Crippen molar-refractivity contribution in [3.8, 4) is 0 Å². The maximum Gasteiger partial charge on any atom is 0.224 e. The van der Waals surface area contributed by atoms with E-state index in [1.54, 1.807) is 7.11 Å². The lowest BCUT2D eigenvalue weighted by atomic mass is 10.0. The van der Waals surface area contributed by atoms with E-state index in [1.807, 2.05) is 13.0 Å². The summed E-state index contributed by atoms with van der Waals surface area (Å²) in [5, 5.41) is 3.19. The van der Waals surface area contributed by atoms with Gasteiger partial charge in [-0.1, -0.05) is 0 Å². The summed E-state index contributed by atoms with van der Waals surface area (Å²) in [6, 6.07) is 2.02. The Morgan fingerprint density at radius 2 is 2.00 bits per heavy atom. The molecule has 3 rings (SSSR count). The second-order valence-corrected chi connectivity index (χ2v) is 5.71. The van der Waals surface area contributed by atoms with E-state index in [0.717, 1.165) is 37.4 Å². The van der Waals surface area contributed by atoms with Gasteiger partial charge in [0.15, 0.2) is 5.79 Å². The number of hydrogen-bond acceptors (Lipinski definition) is 7. The summed E-state index contributed by atoms with van der Waals surface area (Å²) in [6.45, 7) is 6.50. The first-order valence-electron chi connectivity index (χ1n) is 7.82. The van der Waals surface area contributed by atoms with Crippen molar-refractivity contribution >= 4 is 11.8 Å². The highest BCUT2D eigenvalue weighted by atomic mass is 16.7. The quantitative estimate of drug-likeness (QED) is 0.819. The van der Waals surface area contributed by atoms with Crippen LogP contribution in [-0.2, 0) is 14.2 Å². The fourth-order valence-electron chi connectivity index (χ4n) is 2.92. The van der Waals surface area contributed by atoms with Crippen LogP contribution in [0, 0.1) is 6.92 Å². The average molecular weight is 308 g/mol. The Morgan fingerprint density at radius 3 is 2.68 bits per heavy atom. The molecule has 0 saturated carbocycles. The highest BCUT2D eigenvalue weighted by molar-refractivity contribution is 5.45. The fourth-order valence-corrected chi connectivity index (χ4v) is 2.92. The molecule has 0 aliphatic carbocycles. The van der Waals surface area contributed by atoms with E-state index in [0.29, 0.717) is 32.3 Å². The molecule has 7 heteroatoms. The number of nitrogens with zero attached hydrogens (tertiary/aromatic N) is 3. The smallest absolute Gasteiger partial charge is 0.224 e. The maximum absolute atomic E-state index is 5.77.